The standard InChI is InChI=1S/C34H33ClO5/c1-5-7-24-16-28(18-26(33(24)38)13-22-9-10-31(36)30(35)15-22)40-29-17-25(8-6-2)34(39)27(19-29)14-23-11-20(3)32(37)21(4)12-23/h5-6,9-12,15-19,36-39H,1-2,7-8,13-14H2,3-4H3. The van der Waals surface area contributed by atoms with Crippen molar-refractivity contribution in [3.05, 3.63) is 129 Å². The predicted molar refractivity (Wildman–Crippen MR) is 160 cm³/mol. The predicted octanol–water partition coefficient (Wildman–Crippen LogP) is 8.21. The van der Waals surface area contributed by atoms with Crippen molar-refractivity contribution >= 4 is 11.6 Å². The van der Waals surface area contributed by atoms with Crippen molar-refractivity contribution in [3.63, 3.8) is 0 Å². The van der Waals surface area contributed by atoms with Crippen LogP contribution >= 0.6 is 11.6 Å². The van der Waals surface area contributed by atoms with E-state index in [1.165, 1.54) is 6.07 Å². The summed E-state index contributed by atoms with van der Waals surface area (Å²) in [6, 6.07) is 15.9. The molecule has 0 saturated heterocycles. The van der Waals surface area contributed by atoms with Crippen LogP contribution in [0.4, 0.5) is 0 Å². The first-order chi connectivity index (χ1) is 19.1. The van der Waals surface area contributed by atoms with Gasteiger partial charge in [-0.1, -0.05) is 42.0 Å². The van der Waals surface area contributed by atoms with Crippen LogP contribution in [0.25, 0.3) is 0 Å². The third-order valence-corrected chi connectivity index (χ3v) is 7.10. The van der Waals surface area contributed by atoms with E-state index >= 15 is 0 Å². The number of phenolic OH excluding ortho intramolecular Hbond substituents is 4. The molecule has 0 unspecified atom stereocenters. The van der Waals surface area contributed by atoms with Crippen molar-refractivity contribution in [2.24, 2.45) is 0 Å². The minimum Gasteiger partial charge on any atom is -0.507 e. The Hall–Kier alpha value is -4.35. The molecule has 0 heterocycles. The molecule has 0 radical (unpaired) electrons. The molecule has 0 atom stereocenters. The van der Waals surface area contributed by atoms with Crippen LogP contribution < -0.4 is 4.74 Å². The Balaban J connectivity index is 1.73. The zero-order valence-electron chi connectivity index (χ0n) is 22.7. The van der Waals surface area contributed by atoms with Gasteiger partial charge < -0.3 is 25.2 Å². The second kappa shape index (κ2) is 12.2. The zero-order valence-corrected chi connectivity index (χ0v) is 23.4. The summed E-state index contributed by atoms with van der Waals surface area (Å²) in [4.78, 5) is 0. The summed E-state index contributed by atoms with van der Waals surface area (Å²) in [7, 11) is 0. The highest BCUT2D eigenvalue weighted by molar-refractivity contribution is 6.32. The van der Waals surface area contributed by atoms with Gasteiger partial charge in [-0.2, -0.15) is 0 Å². The molecule has 5 nitrogen and oxygen atoms in total. The molecule has 4 N–H and O–H groups in total. The molecular formula is C34H33ClO5. The summed E-state index contributed by atoms with van der Waals surface area (Å²) in [6.45, 7) is 11.3. The van der Waals surface area contributed by atoms with Crippen molar-refractivity contribution in [3.8, 4) is 34.5 Å². The lowest BCUT2D eigenvalue weighted by atomic mass is 9.96. The summed E-state index contributed by atoms with van der Waals surface area (Å²) in [6.07, 6.45) is 5.14. The Morgan fingerprint density at radius 3 is 1.60 bits per heavy atom. The fourth-order valence-electron chi connectivity index (χ4n) is 4.85. The Labute approximate surface area is 239 Å². The first-order valence-electron chi connectivity index (χ1n) is 12.9. The van der Waals surface area contributed by atoms with Gasteiger partial charge in [-0.3, -0.25) is 0 Å². The third-order valence-electron chi connectivity index (χ3n) is 6.80. The molecule has 0 aromatic heterocycles. The average molecular weight is 557 g/mol. The number of hydrogen-bond acceptors (Lipinski definition) is 5. The van der Waals surface area contributed by atoms with E-state index in [1.807, 2.05) is 26.0 Å². The number of ether oxygens (including phenoxy) is 1. The number of benzene rings is 4. The average Bonchev–Trinajstić information content (AvgIpc) is 2.90. The Morgan fingerprint density at radius 1 is 0.650 bits per heavy atom. The van der Waals surface area contributed by atoms with Gasteiger partial charge >= 0.3 is 0 Å². The molecule has 0 aliphatic heterocycles. The SMILES string of the molecule is C=CCc1cc(Oc2cc(CC=C)c(O)c(Cc3ccc(O)c(Cl)c3)c2)cc(Cc2cc(C)c(O)c(C)c2)c1O. The van der Waals surface area contributed by atoms with Gasteiger partial charge in [0.1, 0.15) is 34.5 Å². The van der Waals surface area contributed by atoms with E-state index in [2.05, 4.69) is 13.2 Å². The van der Waals surface area contributed by atoms with Gasteiger partial charge in [0, 0.05) is 35.1 Å². The van der Waals surface area contributed by atoms with E-state index in [1.54, 1.807) is 48.6 Å². The number of phenols is 4. The minimum atomic E-state index is -0.00448. The molecule has 4 rings (SSSR count). The highest BCUT2D eigenvalue weighted by Crippen LogP contribution is 2.37. The smallest absolute Gasteiger partial charge is 0.134 e. The van der Waals surface area contributed by atoms with Crippen LogP contribution in [0.15, 0.2) is 79.9 Å². The molecule has 0 saturated carbocycles. The second-order valence-electron chi connectivity index (χ2n) is 9.99. The Kier molecular flexibility index (Phi) is 8.76. The van der Waals surface area contributed by atoms with Crippen LogP contribution in [-0.2, 0) is 25.7 Å². The van der Waals surface area contributed by atoms with Crippen LogP contribution in [0.5, 0.6) is 34.5 Å². The van der Waals surface area contributed by atoms with E-state index in [-0.39, 0.29) is 28.0 Å². The molecule has 0 aliphatic carbocycles. The lowest BCUT2D eigenvalue weighted by Crippen LogP contribution is -1.98. The molecule has 0 spiro atoms. The van der Waals surface area contributed by atoms with E-state index in [4.69, 9.17) is 16.3 Å². The molecular weight excluding hydrogens is 524 g/mol. The molecule has 0 bridgehead atoms. The van der Waals surface area contributed by atoms with E-state index in [9.17, 15) is 20.4 Å². The van der Waals surface area contributed by atoms with E-state index in [0.717, 1.165) is 22.3 Å². The van der Waals surface area contributed by atoms with Crippen LogP contribution in [0.1, 0.15) is 44.5 Å². The third kappa shape index (κ3) is 6.44. The molecule has 4 aromatic carbocycles. The number of rotatable bonds is 10. The van der Waals surface area contributed by atoms with Crippen molar-refractivity contribution < 1.29 is 25.2 Å². The molecule has 206 valence electrons. The van der Waals surface area contributed by atoms with E-state index < -0.39 is 0 Å². The van der Waals surface area contributed by atoms with Gasteiger partial charge in [0.05, 0.1) is 5.02 Å². The van der Waals surface area contributed by atoms with Gasteiger partial charge in [-0.15, -0.1) is 13.2 Å². The number of allylic oxidation sites excluding steroid dienone is 2. The summed E-state index contributed by atoms with van der Waals surface area (Å²) < 4.78 is 6.33. The van der Waals surface area contributed by atoms with Crippen LogP contribution in [0.2, 0.25) is 5.02 Å². The summed E-state index contributed by atoms with van der Waals surface area (Å²) in [5.74, 6) is 1.64. The molecule has 0 amide bonds. The first kappa shape index (κ1) is 28.7. The Bertz CT molecular complexity index is 1570. The number of hydrogen-bond donors (Lipinski definition) is 4. The van der Waals surface area contributed by atoms with Crippen LogP contribution in [-0.4, -0.2) is 20.4 Å². The summed E-state index contributed by atoms with van der Waals surface area (Å²) in [5, 5.41) is 42.2. The van der Waals surface area contributed by atoms with Crippen molar-refractivity contribution in [2.45, 2.75) is 39.5 Å². The normalized spacial score (nSPS) is 10.9. The van der Waals surface area contributed by atoms with Gasteiger partial charge in [0.15, 0.2) is 0 Å². The molecule has 40 heavy (non-hydrogen) atoms. The fourth-order valence-corrected chi connectivity index (χ4v) is 5.05. The maximum Gasteiger partial charge on any atom is 0.134 e. The van der Waals surface area contributed by atoms with Crippen molar-refractivity contribution in [1.29, 1.82) is 0 Å². The first-order valence-corrected chi connectivity index (χ1v) is 13.3. The number of halogens is 1. The number of aryl methyl sites for hydroxylation is 2. The molecule has 4 aromatic rings. The molecule has 0 fully saturated rings. The largest absolute Gasteiger partial charge is 0.507 e. The lowest BCUT2D eigenvalue weighted by Gasteiger charge is -2.16. The molecule has 0 aliphatic rings. The lowest BCUT2D eigenvalue weighted by molar-refractivity contribution is 0.447. The topological polar surface area (TPSA) is 90.2 Å². The highest BCUT2D eigenvalue weighted by atomic mass is 35.5. The highest BCUT2D eigenvalue weighted by Gasteiger charge is 2.16. The van der Waals surface area contributed by atoms with Gasteiger partial charge in [-0.25, -0.2) is 0 Å². The second-order valence-corrected chi connectivity index (χ2v) is 10.4. The summed E-state index contributed by atoms with van der Waals surface area (Å²) in [5.41, 5.74) is 5.98. The van der Waals surface area contributed by atoms with Crippen LogP contribution in [0.3, 0.4) is 0 Å². The van der Waals surface area contributed by atoms with Gasteiger partial charge in [0.25, 0.3) is 0 Å². The quantitative estimate of drug-likeness (QED) is 0.148. The number of aromatic hydroxyl groups is 4. The zero-order chi connectivity index (χ0) is 29.0. The Morgan fingerprint density at radius 2 is 1.12 bits per heavy atom. The van der Waals surface area contributed by atoms with Crippen molar-refractivity contribution in [2.75, 3.05) is 0 Å². The molecule has 6 heteroatoms. The van der Waals surface area contributed by atoms with Gasteiger partial charge in [0.2, 0.25) is 0 Å². The maximum atomic E-state index is 11.0. The summed E-state index contributed by atoms with van der Waals surface area (Å²) >= 11 is 6.10. The monoisotopic (exact) mass is 556 g/mol. The van der Waals surface area contributed by atoms with Crippen molar-refractivity contribution in [1.82, 2.24) is 0 Å². The van der Waals surface area contributed by atoms with Crippen LogP contribution in [0, 0.1) is 13.8 Å². The fraction of sp³-hybridized carbons (Fsp3) is 0.176. The minimum absolute atomic E-state index is 0.00448. The van der Waals surface area contributed by atoms with Gasteiger partial charge in [-0.05, 0) is 85.3 Å². The van der Waals surface area contributed by atoms with E-state index in [0.29, 0.717) is 59.4 Å². The maximum absolute atomic E-state index is 11.0.